The second-order valence-electron chi connectivity index (χ2n) is 4.38. The molecule has 19 heavy (non-hydrogen) atoms. The second kappa shape index (κ2) is 6.81. The van der Waals surface area contributed by atoms with Crippen LogP contribution in [0.25, 0.3) is 0 Å². The highest BCUT2D eigenvalue weighted by atomic mass is 79.9. The van der Waals surface area contributed by atoms with Gasteiger partial charge in [-0.25, -0.2) is 0 Å². The number of halogens is 1. The first kappa shape index (κ1) is 14.2. The molecule has 0 spiro atoms. The van der Waals surface area contributed by atoms with E-state index in [-0.39, 0.29) is 6.04 Å². The van der Waals surface area contributed by atoms with Crippen molar-refractivity contribution in [2.45, 2.75) is 39.3 Å². The minimum Gasteiger partial charge on any atom is -0.304 e. The number of hydrogen-bond acceptors (Lipinski definition) is 4. The van der Waals surface area contributed by atoms with E-state index in [1.54, 1.807) is 6.20 Å². The molecular weight excluding hydrogens is 308 g/mol. The monoisotopic (exact) mass is 326 g/mol. The van der Waals surface area contributed by atoms with Crippen LogP contribution in [0, 0.1) is 0 Å². The zero-order valence-corrected chi connectivity index (χ0v) is 12.8. The summed E-state index contributed by atoms with van der Waals surface area (Å²) >= 11 is 3.58. The fourth-order valence-electron chi connectivity index (χ4n) is 2.03. The SMILES string of the molecule is CCCNC(c1cn[nH]n1)c1c(Br)cnn1CCC. The number of H-pyrrole nitrogens is 1. The summed E-state index contributed by atoms with van der Waals surface area (Å²) < 4.78 is 3.02. The molecule has 0 saturated heterocycles. The number of rotatable bonds is 7. The van der Waals surface area contributed by atoms with Gasteiger partial charge in [0.1, 0.15) is 5.69 Å². The first-order valence-electron chi connectivity index (χ1n) is 6.58. The maximum absolute atomic E-state index is 4.42. The maximum Gasteiger partial charge on any atom is 0.106 e. The summed E-state index contributed by atoms with van der Waals surface area (Å²) in [7, 11) is 0. The van der Waals surface area contributed by atoms with Gasteiger partial charge in [-0.15, -0.1) is 0 Å². The standard InChI is InChI=1S/C12H19BrN6/c1-3-5-14-11(10-8-15-18-17-10)12-9(13)7-16-19(12)6-4-2/h7-8,11,14H,3-6H2,1-2H3,(H,15,17,18). The third-order valence-corrected chi connectivity index (χ3v) is 3.48. The van der Waals surface area contributed by atoms with Crippen molar-refractivity contribution in [3.8, 4) is 0 Å². The van der Waals surface area contributed by atoms with Crippen molar-refractivity contribution >= 4 is 15.9 Å². The van der Waals surface area contributed by atoms with E-state index in [2.05, 4.69) is 55.6 Å². The molecule has 6 nitrogen and oxygen atoms in total. The normalized spacial score (nSPS) is 12.8. The highest BCUT2D eigenvalue weighted by molar-refractivity contribution is 9.10. The number of aromatic nitrogens is 5. The molecule has 0 saturated carbocycles. The summed E-state index contributed by atoms with van der Waals surface area (Å²) in [4.78, 5) is 0. The van der Waals surface area contributed by atoms with E-state index in [4.69, 9.17) is 0 Å². The van der Waals surface area contributed by atoms with Crippen molar-refractivity contribution < 1.29 is 0 Å². The van der Waals surface area contributed by atoms with Crippen LogP contribution in [-0.4, -0.2) is 31.7 Å². The first-order chi connectivity index (χ1) is 9.27. The topological polar surface area (TPSA) is 71.4 Å². The van der Waals surface area contributed by atoms with Gasteiger partial charge in [0.2, 0.25) is 0 Å². The fraction of sp³-hybridized carbons (Fsp3) is 0.583. The average molecular weight is 327 g/mol. The number of aryl methyl sites for hydroxylation is 1. The Morgan fingerprint density at radius 1 is 1.37 bits per heavy atom. The predicted molar refractivity (Wildman–Crippen MR) is 76.7 cm³/mol. The summed E-state index contributed by atoms with van der Waals surface area (Å²) in [5, 5.41) is 18.7. The highest BCUT2D eigenvalue weighted by Gasteiger charge is 2.23. The van der Waals surface area contributed by atoms with E-state index >= 15 is 0 Å². The van der Waals surface area contributed by atoms with Crippen molar-refractivity contribution in [3.05, 3.63) is 28.3 Å². The van der Waals surface area contributed by atoms with Crippen molar-refractivity contribution in [3.63, 3.8) is 0 Å². The highest BCUT2D eigenvalue weighted by Crippen LogP contribution is 2.27. The van der Waals surface area contributed by atoms with E-state index in [1.807, 2.05) is 10.9 Å². The molecule has 7 heteroatoms. The quantitative estimate of drug-likeness (QED) is 0.818. The molecule has 0 aliphatic heterocycles. The molecule has 0 radical (unpaired) electrons. The number of aromatic amines is 1. The van der Waals surface area contributed by atoms with E-state index in [0.29, 0.717) is 0 Å². The molecule has 0 aliphatic rings. The van der Waals surface area contributed by atoms with Crippen LogP contribution < -0.4 is 5.32 Å². The zero-order chi connectivity index (χ0) is 13.7. The van der Waals surface area contributed by atoms with Crippen LogP contribution in [0.1, 0.15) is 44.1 Å². The Bertz CT molecular complexity index is 492. The van der Waals surface area contributed by atoms with Crippen LogP contribution in [0.5, 0.6) is 0 Å². The van der Waals surface area contributed by atoms with Gasteiger partial charge in [-0.3, -0.25) is 4.68 Å². The van der Waals surface area contributed by atoms with Crippen molar-refractivity contribution in [2.24, 2.45) is 0 Å². The van der Waals surface area contributed by atoms with Gasteiger partial charge in [-0.2, -0.15) is 20.5 Å². The van der Waals surface area contributed by atoms with Crippen molar-refractivity contribution in [1.82, 2.24) is 30.5 Å². The molecule has 2 aromatic rings. The Labute approximate surface area is 121 Å². The Morgan fingerprint density at radius 2 is 2.21 bits per heavy atom. The summed E-state index contributed by atoms with van der Waals surface area (Å²) in [6.07, 6.45) is 5.70. The summed E-state index contributed by atoms with van der Waals surface area (Å²) in [6.45, 7) is 6.10. The summed E-state index contributed by atoms with van der Waals surface area (Å²) in [5.41, 5.74) is 1.98. The van der Waals surface area contributed by atoms with Gasteiger partial charge < -0.3 is 5.32 Å². The van der Waals surface area contributed by atoms with Gasteiger partial charge in [0.25, 0.3) is 0 Å². The van der Waals surface area contributed by atoms with Gasteiger partial charge in [0, 0.05) is 6.54 Å². The molecule has 1 atom stereocenters. The summed E-state index contributed by atoms with van der Waals surface area (Å²) in [6, 6.07) is 0.00197. The summed E-state index contributed by atoms with van der Waals surface area (Å²) in [5.74, 6) is 0. The Balaban J connectivity index is 2.34. The smallest absolute Gasteiger partial charge is 0.106 e. The Hall–Kier alpha value is -1.21. The molecule has 0 amide bonds. The fourth-order valence-corrected chi connectivity index (χ4v) is 2.55. The lowest BCUT2D eigenvalue weighted by molar-refractivity contribution is 0.503. The van der Waals surface area contributed by atoms with Gasteiger partial charge >= 0.3 is 0 Å². The van der Waals surface area contributed by atoms with Crippen LogP contribution >= 0.6 is 15.9 Å². The lowest BCUT2D eigenvalue weighted by atomic mass is 10.1. The van der Waals surface area contributed by atoms with Crippen LogP contribution in [0.4, 0.5) is 0 Å². The van der Waals surface area contributed by atoms with Crippen LogP contribution in [0.3, 0.4) is 0 Å². The minimum absolute atomic E-state index is 0.00197. The van der Waals surface area contributed by atoms with E-state index in [1.165, 1.54) is 0 Å². The molecule has 2 rings (SSSR count). The third kappa shape index (κ3) is 3.22. The lowest BCUT2D eigenvalue weighted by Crippen LogP contribution is -2.26. The molecule has 2 aromatic heterocycles. The Morgan fingerprint density at radius 3 is 2.84 bits per heavy atom. The minimum atomic E-state index is 0.00197. The van der Waals surface area contributed by atoms with Gasteiger partial charge in [0.15, 0.2) is 0 Å². The van der Waals surface area contributed by atoms with Crippen LogP contribution in [0.2, 0.25) is 0 Å². The van der Waals surface area contributed by atoms with Crippen LogP contribution in [0.15, 0.2) is 16.9 Å². The third-order valence-electron chi connectivity index (χ3n) is 2.87. The van der Waals surface area contributed by atoms with Gasteiger partial charge in [0.05, 0.1) is 28.6 Å². The molecule has 1 unspecified atom stereocenters. The average Bonchev–Trinajstić information content (AvgIpc) is 3.03. The maximum atomic E-state index is 4.42. The molecule has 0 aliphatic carbocycles. The van der Waals surface area contributed by atoms with Gasteiger partial charge in [-0.1, -0.05) is 13.8 Å². The number of hydrogen-bond donors (Lipinski definition) is 2. The second-order valence-corrected chi connectivity index (χ2v) is 5.24. The van der Waals surface area contributed by atoms with Crippen LogP contribution in [-0.2, 0) is 6.54 Å². The first-order valence-corrected chi connectivity index (χ1v) is 7.37. The molecule has 0 aromatic carbocycles. The van der Waals surface area contributed by atoms with E-state index in [0.717, 1.165) is 41.8 Å². The van der Waals surface area contributed by atoms with E-state index in [9.17, 15) is 0 Å². The number of nitrogens with one attached hydrogen (secondary N) is 2. The molecule has 104 valence electrons. The largest absolute Gasteiger partial charge is 0.304 e. The zero-order valence-electron chi connectivity index (χ0n) is 11.2. The Kier molecular flexibility index (Phi) is 5.09. The molecule has 0 fully saturated rings. The molecule has 2 N–H and O–H groups in total. The predicted octanol–water partition coefficient (Wildman–Crippen LogP) is 2.26. The molecular formula is C12H19BrN6. The van der Waals surface area contributed by atoms with E-state index < -0.39 is 0 Å². The van der Waals surface area contributed by atoms with Crippen molar-refractivity contribution in [2.75, 3.05) is 6.54 Å². The lowest BCUT2D eigenvalue weighted by Gasteiger charge is -2.18. The van der Waals surface area contributed by atoms with Gasteiger partial charge in [-0.05, 0) is 35.3 Å². The molecule has 2 heterocycles. The molecule has 0 bridgehead atoms. The van der Waals surface area contributed by atoms with Crippen molar-refractivity contribution in [1.29, 1.82) is 0 Å². The number of nitrogens with zero attached hydrogens (tertiary/aromatic N) is 4.